The molecule has 1 aliphatic rings. The Morgan fingerprint density at radius 1 is 1.15 bits per heavy atom. The number of nitrogens with zero attached hydrogens (tertiary/aromatic N) is 1. The Balaban J connectivity index is 1.76. The van der Waals surface area contributed by atoms with E-state index in [4.69, 9.17) is 23.2 Å². The number of fused-ring (bicyclic) bond motifs is 1. The molecule has 0 atom stereocenters. The van der Waals surface area contributed by atoms with Crippen molar-refractivity contribution in [2.75, 3.05) is 23.8 Å². The predicted molar refractivity (Wildman–Crippen MR) is 87.2 cm³/mol. The van der Waals surface area contributed by atoms with Gasteiger partial charge in [0.05, 0.1) is 15.7 Å². The number of halogens is 2. The molecule has 1 N–H and O–H groups in total. The fourth-order valence-electron chi connectivity index (χ4n) is 2.59. The highest BCUT2D eigenvalue weighted by Gasteiger charge is 2.15. The zero-order valence-electron chi connectivity index (χ0n) is 11.3. The van der Waals surface area contributed by atoms with Gasteiger partial charge in [-0.05, 0) is 35.7 Å². The first-order chi connectivity index (χ1) is 9.65. The second kappa shape index (κ2) is 5.55. The lowest BCUT2D eigenvalue weighted by Gasteiger charge is -2.13. The topological polar surface area (TPSA) is 15.3 Å². The number of anilines is 2. The first-order valence-corrected chi connectivity index (χ1v) is 7.41. The van der Waals surface area contributed by atoms with Crippen molar-refractivity contribution < 1.29 is 0 Å². The van der Waals surface area contributed by atoms with E-state index in [0.717, 1.165) is 25.2 Å². The summed E-state index contributed by atoms with van der Waals surface area (Å²) in [6, 6.07) is 12.1. The molecule has 1 aliphatic heterocycles. The molecule has 4 heteroatoms. The van der Waals surface area contributed by atoms with Crippen LogP contribution in [0.1, 0.15) is 11.1 Å². The molecule has 0 radical (unpaired) electrons. The lowest BCUT2D eigenvalue weighted by atomic mass is 10.1. The number of benzene rings is 2. The molecule has 0 bridgehead atoms. The Labute approximate surface area is 129 Å². The van der Waals surface area contributed by atoms with Crippen LogP contribution >= 0.6 is 23.2 Å². The molecule has 20 heavy (non-hydrogen) atoms. The normalized spacial score (nSPS) is 13.4. The van der Waals surface area contributed by atoms with E-state index in [1.807, 2.05) is 18.2 Å². The zero-order valence-corrected chi connectivity index (χ0v) is 12.8. The minimum atomic E-state index is 0.651. The third-order valence-corrected chi connectivity index (χ3v) is 4.33. The minimum absolute atomic E-state index is 0.651. The quantitative estimate of drug-likeness (QED) is 0.891. The summed E-state index contributed by atoms with van der Waals surface area (Å²) in [4.78, 5) is 2.29. The van der Waals surface area contributed by atoms with Gasteiger partial charge in [0.2, 0.25) is 0 Å². The molecule has 2 aromatic carbocycles. The summed E-state index contributed by atoms with van der Waals surface area (Å²) >= 11 is 12.3. The van der Waals surface area contributed by atoms with Crippen molar-refractivity contribution in [2.45, 2.75) is 13.0 Å². The van der Waals surface area contributed by atoms with Crippen LogP contribution in [0.2, 0.25) is 10.0 Å². The van der Waals surface area contributed by atoms with Crippen molar-refractivity contribution in [1.82, 2.24) is 0 Å². The molecule has 0 saturated carbocycles. The number of likely N-dealkylation sites (N-methyl/N-ethyl adjacent to an activating group) is 1. The van der Waals surface area contributed by atoms with Crippen LogP contribution < -0.4 is 10.2 Å². The Morgan fingerprint density at radius 2 is 1.90 bits per heavy atom. The Morgan fingerprint density at radius 3 is 2.65 bits per heavy atom. The van der Waals surface area contributed by atoms with E-state index >= 15 is 0 Å². The highest BCUT2D eigenvalue weighted by atomic mass is 35.5. The molecule has 2 aromatic rings. The molecule has 0 fully saturated rings. The van der Waals surface area contributed by atoms with Crippen LogP contribution in [0.25, 0.3) is 0 Å². The molecular weight excluding hydrogens is 291 g/mol. The van der Waals surface area contributed by atoms with E-state index in [0.29, 0.717) is 10.0 Å². The molecule has 0 saturated heterocycles. The van der Waals surface area contributed by atoms with Gasteiger partial charge in [-0.3, -0.25) is 0 Å². The van der Waals surface area contributed by atoms with Gasteiger partial charge in [0.25, 0.3) is 0 Å². The molecule has 3 rings (SSSR count). The third kappa shape index (κ3) is 2.58. The van der Waals surface area contributed by atoms with Gasteiger partial charge >= 0.3 is 0 Å². The molecular formula is C16H16Cl2N2. The Bertz CT molecular complexity index is 620. The highest BCUT2D eigenvalue weighted by molar-refractivity contribution is 6.39. The number of hydrogen-bond acceptors (Lipinski definition) is 2. The lowest BCUT2D eigenvalue weighted by molar-refractivity contribution is 0.955. The summed E-state index contributed by atoms with van der Waals surface area (Å²) in [6.45, 7) is 1.82. The third-order valence-electron chi connectivity index (χ3n) is 3.70. The standard InChI is InChI=1S/C16H16Cl2N2/c1-20-8-7-12-9-11(5-6-15(12)20)10-19-16-13(17)3-2-4-14(16)18/h2-6,9,19H,7-8,10H2,1H3. The van der Waals surface area contributed by atoms with Crippen molar-refractivity contribution in [3.8, 4) is 0 Å². The summed E-state index contributed by atoms with van der Waals surface area (Å²) in [5.41, 5.74) is 4.80. The maximum absolute atomic E-state index is 6.16. The van der Waals surface area contributed by atoms with E-state index in [2.05, 4.69) is 35.5 Å². The SMILES string of the molecule is CN1CCc2cc(CNc3c(Cl)cccc3Cl)ccc21. The summed E-state index contributed by atoms with van der Waals surface area (Å²) in [6.07, 6.45) is 1.12. The molecule has 0 unspecified atom stereocenters. The summed E-state index contributed by atoms with van der Waals surface area (Å²) < 4.78 is 0. The van der Waals surface area contributed by atoms with Gasteiger partial charge in [-0.15, -0.1) is 0 Å². The van der Waals surface area contributed by atoms with E-state index in [1.54, 1.807) is 0 Å². The average molecular weight is 307 g/mol. The summed E-state index contributed by atoms with van der Waals surface area (Å²) in [5, 5.41) is 4.62. The zero-order chi connectivity index (χ0) is 14.1. The van der Waals surface area contributed by atoms with E-state index < -0.39 is 0 Å². The maximum Gasteiger partial charge on any atom is 0.0721 e. The van der Waals surface area contributed by atoms with E-state index in [9.17, 15) is 0 Å². The molecule has 0 spiro atoms. The molecule has 0 amide bonds. The Hall–Kier alpha value is -1.38. The van der Waals surface area contributed by atoms with Gasteiger partial charge in [-0.25, -0.2) is 0 Å². The molecule has 0 aromatic heterocycles. The van der Waals surface area contributed by atoms with Gasteiger partial charge in [-0.2, -0.15) is 0 Å². The van der Waals surface area contributed by atoms with Gasteiger partial charge in [0.1, 0.15) is 0 Å². The van der Waals surface area contributed by atoms with Crippen LogP contribution in [0.15, 0.2) is 36.4 Å². The minimum Gasteiger partial charge on any atom is -0.379 e. The van der Waals surface area contributed by atoms with Gasteiger partial charge in [0, 0.05) is 25.8 Å². The van der Waals surface area contributed by atoms with Crippen molar-refractivity contribution in [2.24, 2.45) is 0 Å². The summed E-state index contributed by atoms with van der Waals surface area (Å²) in [5.74, 6) is 0. The first kappa shape index (κ1) is 13.6. The monoisotopic (exact) mass is 306 g/mol. The molecule has 0 aliphatic carbocycles. The van der Waals surface area contributed by atoms with Crippen molar-refractivity contribution in [3.63, 3.8) is 0 Å². The highest BCUT2D eigenvalue weighted by Crippen LogP contribution is 2.31. The van der Waals surface area contributed by atoms with E-state index in [-0.39, 0.29) is 0 Å². The fraction of sp³-hybridized carbons (Fsp3) is 0.250. The smallest absolute Gasteiger partial charge is 0.0721 e. The molecule has 104 valence electrons. The first-order valence-electron chi connectivity index (χ1n) is 6.66. The van der Waals surface area contributed by atoms with Gasteiger partial charge in [0.15, 0.2) is 0 Å². The number of nitrogens with one attached hydrogen (secondary N) is 1. The van der Waals surface area contributed by atoms with Crippen LogP contribution in [0.3, 0.4) is 0 Å². The van der Waals surface area contributed by atoms with E-state index in [1.165, 1.54) is 16.8 Å². The number of hydrogen-bond donors (Lipinski definition) is 1. The number of rotatable bonds is 3. The average Bonchev–Trinajstić information content (AvgIpc) is 2.79. The Kier molecular flexibility index (Phi) is 3.77. The van der Waals surface area contributed by atoms with Crippen LogP contribution in [-0.2, 0) is 13.0 Å². The lowest BCUT2D eigenvalue weighted by Crippen LogP contribution is -2.12. The van der Waals surface area contributed by atoms with Crippen LogP contribution in [-0.4, -0.2) is 13.6 Å². The summed E-state index contributed by atoms with van der Waals surface area (Å²) in [7, 11) is 2.13. The van der Waals surface area contributed by atoms with Crippen LogP contribution in [0, 0.1) is 0 Å². The second-order valence-electron chi connectivity index (χ2n) is 5.08. The van der Waals surface area contributed by atoms with Crippen LogP contribution in [0.4, 0.5) is 11.4 Å². The maximum atomic E-state index is 6.16. The van der Waals surface area contributed by atoms with Crippen molar-refractivity contribution >= 4 is 34.6 Å². The fourth-order valence-corrected chi connectivity index (χ4v) is 3.12. The van der Waals surface area contributed by atoms with Gasteiger partial charge in [-0.1, -0.05) is 41.4 Å². The molecule has 2 nitrogen and oxygen atoms in total. The molecule has 1 heterocycles. The van der Waals surface area contributed by atoms with Gasteiger partial charge < -0.3 is 10.2 Å². The van der Waals surface area contributed by atoms with Crippen molar-refractivity contribution in [1.29, 1.82) is 0 Å². The number of para-hydroxylation sites is 1. The second-order valence-corrected chi connectivity index (χ2v) is 5.90. The largest absolute Gasteiger partial charge is 0.379 e. The van der Waals surface area contributed by atoms with Crippen molar-refractivity contribution in [3.05, 3.63) is 57.6 Å². The predicted octanol–water partition coefficient (Wildman–Crippen LogP) is 4.60. The van der Waals surface area contributed by atoms with Crippen LogP contribution in [0.5, 0.6) is 0 Å².